The number of likely N-dealkylation sites (tertiary alicyclic amines) is 1. The van der Waals surface area contributed by atoms with E-state index in [9.17, 15) is 4.79 Å². The summed E-state index contributed by atoms with van der Waals surface area (Å²) in [6.45, 7) is 7.33. The molecule has 1 fully saturated rings. The number of amides is 1. The summed E-state index contributed by atoms with van der Waals surface area (Å²) in [5, 5.41) is 6.27. The summed E-state index contributed by atoms with van der Waals surface area (Å²) in [5.74, 6) is 0.0547. The number of hydrogen-bond donors (Lipinski definition) is 2. The standard InChI is InChI=1S/C14H22N4O/c1-3-15-12-4-6-16-14(8-12)10-18-7-5-13(9-18)17-11(2)19/h4,6,8,13H,3,5,7,9-10H2,1-2H3,(H,15,16)(H,17,19). The monoisotopic (exact) mass is 262 g/mol. The van der Waals surface area contributed by atoms with Gasteiger partial charge in [-0.2, -0.15) is 0 Å². The molecule has 5 nitrogen and oxygen atoms in total. The van der Waals surface area contributed by atoms with Crippen molar-refractivity contribution in [1.29, 1.82) is 0 Å². The molecule has 1 saturated heterocycles. The molecule has 0 spiro atoms. The van der Waals surface area contributed by atoms with Gasteiger partial charge >= 0.3 is 0 Å². The Morgan fingerprint density at radius 2 is 2.42 bits per heavy atom. The Hall–Kier alpha value is -1.62. The number of carbonyl (C=O) groups excluding carboxylic acids is 1. The minimum Gasteiger partial charge on any atom is -0.385 e. The van der Waals surface area contributed by atoms with Gasteiger partial charge in [0.25, 0.3) is 0 Å². The summed E-state index contributed by atoms with van der Waals surface area (Å²) in [4.78, 5) is 17.8. The number of nitrogens with zero attached hydrogens (tertiary/aromatic N) is 2. The SMILES string of the molecule is CCNc1ccnc(CN2CCC(NC(C)=O)C2)c1. The van der Waals surface area contributed by atoms with E-state index in [0.29, 0.717) is 0 Å². The predicted octanol–water partition coefficient (Wildman–Crippen LogP) is 1.22. The van der Waals surface area contributed by atoms with E-state index in [2.05, 4.69) is 33.5 Å². The van der Waals surface area contributed by atoms with Gasteiger partial charge in [0.2, 0.25) is 5.91 Å². The molecular weight excluding hydrogens is 240 g/mol. The highest BCUT2D eigenvalue weighted by Crippen LogP contribution is 2.14. The van der Waals surface area contributed by atoms with Gasteiger partial charge in [0.05, 0.1) is 5.69 Å². The van der Waals surface area contributed by atoms with Crippen LogP contribution in [0.15, 0.2) is 18.3 Å². The highest BCUT2D eigenvalue weighted by molar-refractivity contribution is 5.73. The van der Waals surface area contributed by atoms with Gasteiger partial charge in [-0.05, 0) is 25.5 Å². The third kappa shape index (κ3) is 4.21. The van der Waals surface area contributed by atoms with Gasteiger partial charge in [0, 0.05) is 51.0 Å². The van der Waals surface area contributed by atoms with E-state index in [4.69, 9.17) is 0 Å². The lowest BCUT2D eigenvalue weighted by Gasteiger charge is -2.16. The lowest BCUT2D eigenvalue weighted by Crippen LogP contribution is -2.35. The van der Waals surface area contributed by atoms with Crippen molar-refractivity contribution in [2.24, 2.45) is 0 Å². The molecule has 2 heterocycles. The van der Waals surface area contributed by atoms with Crippen LogP contribution in [-0.4, -0.2) is 41.5 Å². The lowest BCUT2D eigenvalue weighted by atomic mass is 10.2. The van der Waals surface area contributed by atoms with Crippen LogP contribution in [0.25, 0.3) is 0 Å². The Labute approximate surface area is 114 Å². The van der Waals surface area contributed by atoms with Crippen molar-refractivity contribution in [2.75, 3.05) is 25.0 Å². The van der Waals surface area contributed by atoms with Crippen molar-refractivity contribution in [1.82, 2.24) is 15.2 Å². The molecule has 0 radical (unpaired) electrons. The maximum absolute atomic E-state index is 11.0. The van der Waals surface area contributed by atoms with E-state index in [1.807, 2.05) is 12.3 Å². The van der Waals surface area contributed by atoms with Crippen molar-refractivity contribution >= 4 is 11.6 Å². The highest BCUT2D eigenvalue weighted by atomic mass is 16.1. The van der Waals surface area contributed by atoms with Crippen LogP contribution >= 0.6 is 0 Å². The summed E-state index contributed by atoms with van der Waals surface area (Å²) in [5.41, 5.74) is 2.19. The number of pyridine rings is 1. The van der Waals surface area contributed by atoms with Gasteiger partial charge in [0.15, 0.2) is 0 Å². The topological polar surface area (TPSA) is 57.3 Å². The molecule has 0 aliphatic carbocycles. The number of carbonyl (C=O) groups is 1. The normalized spacial score (nSPS) is 19.4. The highest BCUT2D eigenvalue weighted by Gasteiger charge is 2.23. The minimum absolute atomic E-state index is 0.0547. The quantitative estimate of drug-likeness (QED) is 0.838. The van der Waals surface area contributed by atoms with E-state index in [0.717, 1.165) is 44.0 Å². The Morgan fingerprint density at radius 1 is 1.58 bits per heavy atom. The molecule has 0 aromatic carbocycles. The van der Waals surface area contributed by atoms with Crippen LogP contribution in [0.1, 0.15) is 26.0 Å². The van der Waals surface area contributed by atoms with Gasteiger partial charge in [-0.25, -0.2) is 0 Å². The largest absolute Gasteiger partial charge is 0.385 e. The minimum atomic E-state index is 0.0547. The Kier molecular flexibility index (Phi) is 4.74. The van der Waals surface area contributed by atoms with Crippen molar-refractivity contribution in [3.05, 3.63) is 24.0 Å². The first-order valence-electron chi connectivity index (χ1n) is 6.85. The molecule has 1 aromatic heterocycles. The van der Waals surface area contributed by atoms with E-state index in [-0.39, 0.29) is 11.9 Å². The zero-order valence-electron chi connectivity index (χ0n) is 11.6. The van der Waals surface area contributed by atoms with Crippen molar-refractivity contribution in [3.63, 3.8) is 0 Å². The zero-order chi connectivity index (χ0) is 13.7. The van der Waals surface area contributed by atoms with Gasteiger partial charge in [0.1, 0.15) is 0 Å². The molecule has 1 unspecified atom stereocenters. The third-order valence-electron chi connectivity index (χ3n) is 3.26. The molecule has 0 bridgehead atoms. The molecule has 1 aromatic rings. The smallest absolute Gasteiger partial charge is 0.217 e. The zero-order valence-corrected chi connectivity index (χ0v) is 11.6. The van der Waals surface area contributed by atoms with E-state index >= 15 is 0 Å². The molecule has 19 heavy (non-hydrogen) atoms. The fourth-order valence-corrected chi connectivity index (χ4v) is 2.49. The van der Waals surface area contributed by atoms with E-state index in [1.165, 1.54) is 0 Å². The van der Waals surface area contributed by atoms with E-state index < -0.39 is 0 Å². The van der Waals surface area contributed by atoms with Crippen LogP contribution in [-0.2, 0) is 11.3 Å². The average Bonchev–Trinajstić information content (AvgIpc) is 2.76. The first kappa shape index (κ1) is 13.8. The number of aromatic nitrogens is 1. The second-order valence-corrected chi connectivity index (χ2v) is 4.99. The number of hydrogen-bond acceptors (Lipinski definition) is 4. The maximum atomic E-state index is 11.0. The number of anilines is 1. The number of nitrogens with one attached hydrogen (secondary N) is 2. The third-order valence-corrected chi connectivity index (χ3v) is 3.26. The molecule has 1 atom stereocenters. The van der Waals surface area contributed by atoms with Gasteiger partial charge < -0.3 is 10.6 Å². The fourth-order valence-electron chi connectivity index (χ4n) is 2.49. The summed E-state index contributed by atoms with van der Waals surface area (Å²) in [7, 11) is 0. The Morgan fingerprint density at radius 3 is 3.16 bits per heavy atom. The Bertz CT molecular complexity index is 435. The maximum Gasteiger partial charge on any atom is 0.217 e. The van der Waals surface area contributed by atoms with Crippen LogP contribution in [0.4, 0.5) is 5.69 Å². The molecule has 104 valence electrons. The summed E-state index contributed by atoms with van der Waals surface area (Å²) in [6, 6.07) is 4.36. The second-order valence-electron chi connectivity index (χ2n) is 4.99. The van der Waals surface area contributed by atoms with Gasteiger partial charge in [-0.1, -0.05) is 0 Å². The lowest BCUT2D eigenvalue weighted by molar-refractivity contribution is -0.119. The molecule has 5 heteroatoms. The fraction of sp³-hybridized carbons (Fsp3) is 0.571. The van der Waals surface area contributed by atoms with Crippen molar-refractivity contribution < 1.29 is 4.79 Å². The molecule has 1 amide bonds. The molecule has 1 aliphatic heterocycles. The molecule has 2 rings (SSSR count). The molecule has 0 saturated carbocycles. The number of rotatable bonds is 5. The molecule has 2 N–H and O–H groups in total. The summed E-state index contributed by atoms with van der Waals surface area (Å²) >= 11 is 0. The predicted molar refractivity (Wildman–Crippen MR) is 75.9 cm³/mol. The molecule has 1 aliphatic rings. The molecular formula is C14H22N4O. The van der Waals surface area contributed by atoms with Crippen LogP contribution in [0.3, 0.4) is 0 Å². The second kappa shape index (κ2) is 6.52. The summed E-state index contributed by atoms with van der Waals surface area (Å²) < 4.78 is 0. The van der Waals surface area contributed by atoms with Crippen LogP contribution in [0.5, 0.6) is 0 Å². The van der Waals surface area contributed by atoms with E-state index in [1.54, 1.807) is 6.92 Å². The van der Waals surface area contributed by atoms with Crippen molar-refractivity contribution in [2.45, 2.75) is 32.9 Å². The first-order valence-corrected chi connectivity index (χ1v) is 6.85. The summed E-state index contributed by atoms with van der Waals surface area (Å²) in [6.07, 6.45) is 2.86. The van der Waals surface area contributed by atoms with Crippen LogP contribution in [0, 0.1) is 0 Å². The Balaban J connectivity index is 1.88. The van der Waals surface area contributed by atoms with Gasteiger partial charge in [-0.3, -0.25) is 14.7 Å². The van der Waals surface area contributed by atoms with Gasteiger partial charge in [-0.15, -0.1) is 0 Å². The van der Waals surface area contributed by atoms with Crippen LogP contribution < -0.4 is 10.6 Å². The van der Waals surface area contributed by atoms with Crippen molar-refractivity contribution in [3.8, 4) is 0 Å². The average molecular weight is 262 g/mol. The van der Waals surface area contributed by atoms with Crippen LogP contribution in [0.2, 0.25) is 0 Å². The first-order chi connectivity index (χ1) is 9.17.